The summed E-state index contributed by atoms with van der Waals surface area (Å²) in [6, 6.07) is 15.0. The zero-order valence-corrected chi connectivity index (χ0v) is 14.8. The summed E-state index contributed by atoms with van der Waals surface area (Å²) in [4.78, 5) is 14.9. The molecule has 0 spiro atoms. The number of nitrogens with zero attached hydrogens (tertiary/aromatic N) is 1. The molecule has 3 rings (SSSR count). The van der Waals surface area contributed by atoms with Crippen molar-refractivity contribution in [3.63, 3.8) is 0 Å². The standard InChI is InChI=1S/C20H17Cl2NO/c1-23-12-16(8-14-4-2-6-18(21)10-14)20(24)17(13-23)9-15-5-3-7-19(22)11-15/h2-11H,12-13H2,1H3/b16-8+,17-9+. The van der Waals surface area contributed by atoms with E-state index in [1.807, 2.05) is 67.7 Å². The Labute approximate surface area is 152 Å². The number of likely N-dealkylation sites (N-methyl/N-ethyl adjacent to an activating group) is 1. The van der Waals surface area contributed by atoms with Crippen LogP contribution in [0.4, 0.5) is 0 Å². The normalized spacial score (nSPS) is 19.2. The molecule has 2 nitrogen and oxygen atoms in total. The Kier molecular flexibility index (Phi) is 5.20. The third kappa shape index (κ3) is 4.15. The predicted molar refractivity (Wildman–Crippen MR) is 101 cm³/mol. The molecule has 0 aliphatic carbocycles. The van der Waals surface area contributed by atoms with Crippen molar-refractivity contribution in [2.75, 3.05) is 20.1 Å². The smallest absolute Gasteiger partial charge is 0.187 e. The highest BCUT2D eigenvalue weighted by atomic mass is 35.5. The minimum absolute atomic E-state index is 0.0769. The van der Waals surface area contributed by atoms with Crippen LogP contribution in [0.1, 0.15) is 11.1 Å². The second-order valence-electron chi connectivity index (χ2n) is 5.95. The summed E-state index contributed by atoms with van der Waals surface area (Å²) in [6.07, 6.45) is 3.82. The zero-order chi connectivity index (χ0) is 17.1. The molecule has 24 heavy (non-hydrogen) atoms. The van der Waals surface area contributed by atoms with Gasteiger partial charge in [-0.15, -0.1) is 0 Å². The highest BCUT2D eigenvalue weighted by molar-refractivity contribution is 6.31. The summed E-state index contributed by atoms with van der Waals surface area (Å²) in [6.45, 7) is 1.25. The monoisotopic (exact) mass is 357 g/mol. The van der Waals surface area contributed by atoms with E-state index in [9.17, 15) is 4.79 Å². The maximum atomic E-state index is 12.8. The van der Waals surface area contributed by atoms with Gasteiger partial charge in [0.2, 0.25) is 0 Å². The van der Waals surface area contributed by atoms with E-state index in [0.29, 0.717) is 23.1 Å². The van der Waals surface area contributed by atoms with E-state index in [2.05, 4.69) is 4.90 Å². The van der Waals surface area contributed by atoms with E-state index < -0.39 is 0 Å². The number of halogens is 2. The molecule has 0 unspecified atom stereocenters. The zero-order valence-electron chi connectivity index (χ0n) is 13.3. The predicted octanol–water partition coefficient (Wildman–Crippen LogP) is 4.97. The summed E-state index contributed by atoms with van der Waals surface area (Å²) >= 11 is 12.1. The van der Waals surface area contributed by atoms with Crippen LogP contribution in [0.25, 0.3) is 12.2 Å². The Morgan fingerprint density at radius 3 is 1.75 bits per heavy atom. The lowest BCUT2D eigenvalue weighted by Crippen LogP contribution is -2.34. The first-order valence-electron chi connectivity index (χ1n) is 7.67. The first kappa shape index (κ1) is 17.0. The number of hydrogen-bond donors (Lipinski definition) is 0. The van der Waals surface area contributed by atoms with Crippen molar-refractivity contribution in [1.29, 1.82) is 0 Å². The highest BCUT2D eigenvalue weighted by Crippen LogP contribution is 2.23. The Morgan fingerprint density at radius 2 is 1.33 bits per heavy atom. The van der Waals surface area contributed by atoms with Crippen molar-refractivity contribution >= 4 is 41.1 Å². The van der Waals surface area contributed by atoms with Gasteiger partial charge in [-0.3, -0.25) is 9.69 Å². The molecule has 2 aromatic rings. The van der Waals surface area contributed by atoms with Gasteiger partial charge < -0.3 is 0 Å². The average Bonchev–Trinajstić information content (AvgIpc) is 2.52. The number of piperidine rings is 1. The van der Waals surface area contributed by atoms with Gasteiger partial charge in [0.05, 0.1) is 0 Å². The third-order valence-electron chi connectivity index (χ3n) is 3.84. The minimum Gasteiger partial charge on any atom is -0.298 e. The van der Waals surface area contributed by atoms with Crippen LogP contribution in [0, 0.1) is 0 Å². The highest BCUT2D eigenvalue weighted by Gasteiger charge is 2.23. The first-order valence-corrected chi connectivity index (χ1v) is 8.42. The summed E-state index contributed by atoms with van der Waals surface area (Å²) in [5.74, 6) is 0.0769. The van der Waals surface area contributed by atoms with Crippen LogP contribution in [-0.2, 0) is 4.79 Å². The molecule has 0 atom stereocenters. The Balaban J connectivity index is 1.94. The van der Waals surface area contributed by atoms with E-state index in [-0.39, 0.29) is 5.78 Å². The molecule has 0 N–H and O–H groups in total. The Bertz CT molecular complexity index is 772. The van der Waals surface area contributed by atoms with Crippen LogP contribution in [-0.4, -0.2) is 30.8 Å². The fourth-order valence-corrected chi connectivity index (χ4v) is 3.20. The van der Waals surface area contributed by atoms with E-state index in [4.69, 9.17) is 23.2 Å². The quantitative estimate of drug-likeness (QED) is 0.706. The molecule has 0 radical (unpaired) electrons. The van der Waals surface area contributed by atoms with Crippen molar-refractivity contribution in [2.45, 2.75) is 0 Å². The van der Waals surface area contributed by atoms with Gasteiger partial charge in [0.25, 0.3) is 0 Å². The van der Waals surface area contributed by atoms with Crippen LogP contribution in [0.5, 0.6) is 0 Å². The molecule has 1 fully saturated rings. The van der Waals surface area contributed by atoms with E-state index in [1.54, 1.807) is 0 Å². The van der Waals surface area contributed by atoms with Gasteiger partial charge in [-0.2, -0.15) is 0 Å². The molecule has 1 saturated heterocycles. The van der Waals surface area contributed by atoms with Crippen LogP contribution >= 0.6 is 23.2 Å². The summed E-state index contributed by atoms with van der Waals surface area (Å²) < 4.78 is 0. The molecule has 0 amide bonds. The molecular formula is C20H17Cl2NO. The lowest BCUT2D eigenvalue weighted by Gasteiger charge is -2.26. The maximum Gasteiger partial charge on any atom is 0.187 e. The molecular weight excluding hydrogens is 341 g/mol. The number of ketones is 1. The minimum atomic E-state index is 0.0769. The van der Waals surface area contributed by atoms with Crippen molar-refractivity contribution in [3.05, 3.63) is 80.8 Å². The van der Waals surface area contributed by atoms with Gasteiger partial charge in [-0.05, 0) is 54.6 Å². The first-order chi connectivity index (χ1) is 11.5. The molecule has 4 heteroatoms. The number of hydrogen-bond acceptors (Lipinski definition) is 2. The summed E-state index contributed by atoms with van der Waals surface area (Å²) in [5, 5.41) is 1.33. The second kappa shape index (κ2) is 7.35. The molecule has 0 saturated carbocycles. The van der Waals surface area contributed by atoms with Crippen LogP contribution in [0.3, 0.4) is 0 Å². The number of rotatable bonds is 2. The van der Waals surface area contributed by atoms with Gasteiger partial charge in [0, 0.05) is 34.3 Å². The Hall–Kier alpha value is -1.87. The number of carbonyl (C=O) groups excluding carboxylic acids is 1. The number of likely N-dealkylation sites (tertiary alicyclic amines) is 1. The molecule has 0 aromatic heterocycles. The molecule has 0 bridgehead atoms. The molecule has 1 aliphatic heterocycles. The van der Waals surface area contributed by atoms with Crippen molar-refractivity contribution in [2.24, 2.45) is 0 Å². The largest absolute Gasteiger partial charge is 0.298 e. The molecule has 1 aliphatic rings. The number of Topliss-reactive ketones (excluding diaryl/α,β-unsaturated/α-hetero) is 1. The average molecular weight is 358 g/mol. The third-order valence-corrected chi connectivity index (χ3v) is 4.31. The SMILES string of the molecule is CN1C/C(=C\c2cccc(Cl)c2)C(=O)/C(=C/c2cccc(Cl)c2)C1. The van der Waals surface area contributed by atoms with Gasteiger partial charge in [-0.25, -0.2) is 0 Å². The van der Waals surface area contributed by atoms with E-state index in [1.165, 1.54) is 0 Å². The lowest BCUT2D eigenvalue weighted by atomic mass is 9.94. The molecule has 122 valence electrons. The van der Waals surface area contributed by atoms with E-state index in [0.717, 1.165) is 22.3 Å². The Morgan fingerprint density at radius 1 is 0.875 bits per heavy atom. The maximum absolute atomic E-state index is 12.8. The van der Waals surface area contributed by atoms with Gasteiger partial charge in [0.15, 0.2) is 5.78 Å². The number of carbonyl (C=O) groups is 1. The van der Waals surface area contributed by atoms with Crippen LogP contribution in [0.2, 0.25) is 10.0 Å². The van der Waals surface area contributed by atoms with Crippen molar-refractivity contribution in [1.82, 2.24) is 4.90 Å². The molecule has 2 aromatic carbocycles. The fraction of sp³-hybridized carbons (Fsp3) is 0.150. The van der Waals surface area contributed by atoms with Crippen LogP contribution < -0.4 is 0 Å². The second-order valence-corrected chi connectivity index (χ2v) is 6.82. The van der Waals surface area contributed by atoms with Crippen LogP contribution in [0.15, 0.2) is 59.7 Å². The lowest BCUT2D eigenvalue weighted by molar-refractivity contribution is -0.113. The molecule has 1 heterocycles. The van der Waals surface area contributed by atoms with Crippen molar-refractivity contribution in [3.8, 4) is 0 Å². The summed E-state index contributed by atoms with van der Waals surface area (Å²) in [5.41, 5.74) is 3.39. The topological polar surface area (TPSA) is 20.3 Å². The van der Waals surface area contributed by atoms with E-state index >= 15 is 0 Å². The summed E-state index contributed by atoms with van der Waals surface area (Å²) in [7, 11) is 2.00. The van der Waals surface area contributed by atoms with Crippen molar-refractivity contribution < 1.29 is 4.79 Å². The number of benzene rings is 2. The van der Waals surface area contributed by atoms with Gasteiger partial charge in [-0.1, -0.05) is 47.5 Å². The van der Waals surface area contributed by atoms with Gasteiger partial charge >= 0.3 is 0 Å². The fourth-order valence-electron chi connectivity index (χ4n) is 2.80. The van der Waals surface area contributed by atoms with Gasteiger partial charge in [0.1, 0.15) is 0 Å².